The maximum Gasteiger partial charge on any atom is 0.354 e. The molecule has 3 aromatic heterocycles. The smallest absolute Gasteiger partial charge is 0.354 e. The van der Waals surface area contributed by atoms with E-state index in [4.69, 9.17) is 33.2 Å². The standard InChI is InChI=1S/C22H26ClN5O.C22H25N5O.C14H17ClN4O.C14H18N4O2/c1-5-28-21(24-13-18(23)17-9-7-6-8-10-17)26-20(27-22(28)29)25-19-12-15(3)14(2)11-16(19)4;1-5-26-21-23-13-19(17-9-7-6-8-10-17)27(21)20(25-22(26)28)24-18-12-15(3)14(2)11-16(18)4;1-5-19-12(15)17-13(18-14(19)20)16-11-7-9(3)8(2)6-10(11)4;1-5-18-13(19)16-12(17-14(18)20)15-11-7-9(3)8(2)6-10(11)4/h6-12,18H,5,13H2,1-4H3,(H2,24,25,26,27,29);6-12,19H,5,13H2,1-4H3,(H,24,25,28);6-7H,5H2,1-4H3,(H,16,18,20);6-7H,5H2,1-4H3,(H2,15,16,17,19,20). The zero-order chi connectivity index (χ0) is 70.5. The fourth-order valence-corrected chi connectivity index (χ4v) is 11.2. The van der Waals surface area contributed by atoms with Crippen LogP contribution in [0.2, 0.25) is 5.28 Å². The highest BCUT2D eigenvalue weighted by molar-refractivity contribution is 6.28. The molecule has 2 atom stereocenters. The molecule has 1 fully saturated rings. The number of urea groups is 1. The number of hydrogen-bond acceptors (Lipinski definition) is 16. The molecule has 2 amide bonds. The zero-order valence-electron chi connectivity index (χ0n) is 58.0. The SMILES string of the molecule is CCN1C(=O)NC(=Nc2cc(C)c(C)cc2C)N2C1=NCC2c1ccccc1.CCn1c(=O)nc(Nc2cc(C)c(C)cc2C)[nH]c1=O.CCn1c(Cl)nc(Nc2cc(C)c(C)cc2C)nc1=O.CCn1c(NCC(Cl)c2ccccc2)nc(Nc2cc(C)c(C)cc2C)nc1=O. The molecule has 2 aliphatic rings. The Bertz CT molecular complexity index is 4630. The molecule has 0 radical (unpaired) electrons. The van der Waals surface area contributed by atoms with Gasteiger partial charge in [0.25, 0.3) is 0 Å². The van der Waals surface area contributed by atoms with Crippen LogP contribution < -0.4 is 49.3 Å². The molecule has 5 heterocycles. The lowest BCUT2D eigenvalue weighted by Crippen LogP contribution is -2.62. The normalized spacial score (nSPS) is 13.8. The predicted molar refractivity (Wildman–Crippen MR) is 391 cm³/mol. The van der Waals surface area contributed by atoms with Gasteiger partial charge in [-0.15, -0.1) is 11.6 Å². The van der Waals surface area contributed by atoms with Crippen molar-refractivity contribution in [2.75, 3.05) is 40.9 Å². The molecular weight excluding hydrogens is 1270 g/mol. The Morgan fingerprint density at radius 2 is 0.990 bits per heavy atom. The van der Waals surface area contributed by atoms with E-state index in [9.17, 15) is 24.0 Å². The second-order valence-corrected chi connectivity index (χ2v) is 24.7. The molecule has 11 rings (SSSR count). The number of fused-ring (bicyclic) bond motifs is 1. The first-order valence-electron chi connectivity index (χ1n) is 32.2. The Labute approximate surface area is 575 Å². The number of aryl methyl sites for hydroxylation is 12. The Morgan fingerprint density at radius 3 is 1.49 bits per heavy atom. The first-order chi connectivity index (χ1) is 46.2. The van der Waals surface area contributed by atoms with Crippen molar-refractivity contribution in [3.05, 3.63) is 234 Å². The Hall–Kier alpha value is -10.3. The molecule has 9 aromatic rings. The van der Waals surface area contributed by atoms with Crippen molar-refractivity contribution in [1.29, 1.82) is 0 Å². The number of hydrogen-bond donors (Lipinski definition) is 6. The van der Waals surface area contributed by atoms with Crippen LogP contribution in [0.4, 0.5) is 51.3 Å². The zero-order valence-corrected chi connectivity index (χ0v) is 59.5. The lowest BCUT2D eigenvalue weighted by Gasteiger charge is -2.38. The number of guanidine groups is 2. The van der Waals surface area contributed by atoms with Crippen LogP contribution in [0.3, 0.4) is 0 Å². The molecule has 508 valence electrons. The van der Waals surface area contributed by atoms with Gasteiger partial charge in [-0.3, -0.25) is 29.2 Å². The number of H-pyrrole nitrogens is 1. The van der Waals surface area contributed by atoms with Gasteiger partial charge in [-0.05, 0) is 225 Å². The third kappa shape index (κ3) is 17.8. The van der Waals surface area contributed by atoms with Gasteiger partial charge in [-0.25, -0.2) is 38.5 Å². The Balaban J connectivity index is 0.000000168. The number of nitrogens with zero attached hydrogens (tertiary/aromatic N) is 12. The quantitative estimate of drug-likeness (QED) is 0.0491. The Kier molecular flexibility index (Phi) is 24.3. The van der Waals surface area contributed by atoms with Crippen LogP contribution in [0.15, 0.2) is 138 Å². The molecule has 2 aliphatic heterocycles. The third-order valence-electron chi connectivity index (χ3n) is 16.9. The monoisotopic (exact) mass is 1350 g/mol. The minimum Gasteiger partial charge on any atom is -0.354 e. The number of amides is 2. The van der Waals surface area contributed by atoms with Crippen molar-refractivity contribution in [1.82, 2.24) is 58.7 Å². The minimum atomic E-state index is -0.555. The molecule has 23 nitrogen and oxygen atoms in total. The van der Waals surface area contributed by atoms with E-state index in [1.807, 2.05) is 149 Å². The van der Waals surface area contributed by atoms with Crippen LogP contribution in [0.5, 0.6) is 0 Å². The lowest BCUT2D eigenvalue weighted by molar-refractivity contribution is 0.217. The maximum atomic E-state index is 12.6. The van der Waals surface area contributed by atoms with Crippen molar-refractivity contribution in [2.24, 2.45) is 9.98 Å². The van der Waals surface area contributed by atoms with E-state index in [0.29, 0.717) is 57.1 Å². The highest BCUT2D eigenvalue weighted by Crippen LogP contribution is 2.33. The van der Waals surface area contributed by atoms with Gasteiger partial charge in [0, 0.05) is 49.8 Å². The number of rotatable bonds is 16. The van der Waals surface area contributed by atoms with Gasteiger partial charge in [-0.1, -0.05) is 84.9 Å². The van der Waals surface area contributed by atoms with Gasteiger partial charge in [0.2, 0.25) is 41.0 Å². The van der Waals surface area contributed by atoms with E-state index < -0.39 is 17.1 Å². The topological polar surface area (TPSA) is 272 Å². The molecule has 1 saturated heterocycles. The number of carbonyl (C=O) groups excluding carboxylic acids is 1. The number of aliphatic imine (C=N–C) groups is 2. The van der Waals surface area contributed by atoms with Gasteiger partial charge in [0.05, 0.1) is 23.7 Å². The van der Waals surface area contributed by atoms with Gasteiger partial charge >= 0.3 is 28.8 Å². The molecule has 2 unspecified atom stereocenters. The number of nitrogens with one attached hydrogen (secondary N) is 6. The highest BCUT2D eigenvalue weighted by atomic mass is 35.5. The molecule has 25 heteroatoms. The molecule has 0 saturated carbocycles. The molecule has 0 bridgehead atoms. The van der Waals surface area contributed by atoms with E-state index >= 15 is 0 Å². The second kappa shape index (κ2) is 32.5. The fourth-order valence-electron chi connectivity index (χ4n) is 10.7. The van der Waals surface area contributed by atoms with Gasteiger partial charge in [-0.2, -0.15) is 24.9 Å². The van der Waals surface area contributed by atoms with E-state index in [1.165, 1.54) is 37.0 Å². The summed E-state index contributed by atoms with van der Waals surface area (Å²) in [5, 5.41) is 15.3. The van der Waals surface area contributed by atoms with Crippen molar-refractivity contribution < 1.29 is 4.79 Å². The maximum absolute atomic E-state index is 12.6. The third-order valence-corrected chi connectivity index (χ3v) is 17.6. The number of aromatic amines is 1. The molecule has 97 heavy (non-hydrogen) atoms. The molecule has 0 aliphatic carbocycles. The molecule has 0 spiro atoms. The number of anilines is 7. The molecule has 6 N–H and O–H groups in total. The molecular formula is C72H86Cl2N18O5. The van der Waals surface area contributed by atoms with Crippen molar-refractivity contribution >= 4 is 87.7 Å². The van der Waals surface area contributed by atoms with Crippen LogP contribution >= 0.6 is 23.2 Å². The van der Waals surface area contributed by atoms with E-state index in [1.54, 1.807) is 11.8 Å². The van der Waals surface area contributed by atoms with Gasteiger partial charge in [0.15, 0.2) is 0 Å². The number of benzene rings is 6. The molecule has 6 aromatic carbocycles. The first-order valence-corrected chi connectivity index (χ1v) is 33.0. The van der Waals surface area contributed by atoms with Crippen LogP contribution in [0.25, 0.3) is 0 Å². The summed E-state index contributed by atoms with van der Waals surface area (Å²) in [4.78, 5) is 96.6. The summed E-state index contributed by atoms with van der Waals surface area (Å²) >= 11 is 12.5. The summed E-state index contributed by atoms with van der Waals surface area (Å²) in [5.41, 5.74) is 17.5. The summed E-state index contributed by atoms with van der Waals surface area (Å²) in [6, 6.07) is 36.3. The summed E-state index contributed by atoms with van der Waals surface area (Å²) in [5.74, 6) is 2.29. The number of carbonyl (C=O) groups is 1. The fraction of sp³-hybridized carbons (Fsp3) is 0.333. The average molecular weight is 1350 g/mol. The van der Waals surface area contributed by atoms with Gasteiger partial charge in [0.1, 0.15) is 0 Å². The van der Waals surface area contributed by atoms with Crippen LogP contribution in [0.1, 0.15) is 117 Å². The van der Waals surface area contributed by atoms with Crippen LogP contribution in [-0.2, 0) is 19.6 Å². The second-order valence-electron chi connectivity index (χ2n) is 23.8. The predicted octanol–water partition coefficient (Wildman–Crippen LogP) is 13.4. The van der Waals surface area contributed by atoms with E-state index in [-0.39, 0.29) is 46.3 Å². The van der Waals surface area contributed by atoms with Crippen molar-refractivity contribution in [3.8, 4) is 0 Å². The van der Waals surface area contributed by atoms with Crippen LogP contribution in [-0.4, -0.2) is 91.0 Å². The summed E-state index contributed by atoms with van der Waals surface area (Å²) < 4.78 is 3.84. The first kappa shape index (κ1) is 72.6. The van der Waals surface area contributed by atoms with Gasteiger partial charge < -0.3 is 21.3 Å². The Morgan fingerprint density at radius 1 is 0.526 bits per heavy atom. The number of halogens is 2. The minimum absolute atomic E-state index is 0.0106. The van der Waals surface area contributed by atoms with E-state index in [0.717, 1.165) is 77.4 Å². The lowest BCUT2D eigenvalue weighted by atomic mass is 10.1. The van der Waals surface area contributed by atoms with Crippen LogP contribution in [0, 0.1) is 83.1 Å². The summed E-state index contributed by atoms with van der Waals surface area (Å²) in [6.45, 7) is 34.6. The average Bonchev–Trinajstić information content (AvgIpc) is 1.60. The largest absolute Gasteiger partial charge is 0.354 e. The number of aromatic nitrogens is 9. The van der Waals surface area contributed by atoms with Crippen molar-refractivity contribution in [2.45, 2.75) is 142 Å². The highest BCUT2D eigenvalue weighted by Gasteiger charge is 2.42. The summed E-state index contributed by atoms with van der Waals surface area (Å²) in [6.07, 6.45) is 0. The summed E-state index contributed by atoms with van der Waals surface area (Å²) in [7, 11) is 0. The van der Waals surface area contributed by atoms with Crippen molar-refractivity contribution in [3.63, 3.8) is 0 Å². The van der Waals surface area contributed by atoms with E-state index in [2.05, 4.69) is 125 Å². The number of alkyl halides is 1.